The summed E-state index contributed by atoms with van der Waals surface area (Å²) >= 11 is 0. The van der Waals surface area contributed by atoms with E-state index in [2.05, 4.69) is 15.0 Å². The van der Waals surface area contributed by atoms with Crippen LogP contribution in [0.4, 0.5) is 5.95 Å². The fourth-order valence-corrected chi connectivity index (χ4v) is 2.27. The molecule has 6 nitrogen and oxygen atoms in total. The third kappa shape index (κ3) is 2.37. The molecule has 0 saturated carbocycles. The highest BCUT2D eigenvalue weighted by molar-refractivity contribution is 5.94. The van der Waals surface area contributed by atoms with E-state index in [0.29, 0.717) is 31.2 Å². The lowest BCUT2D eigenvalue weighted by molar-refractivity contribution is -0.117. The molecular weight excluding hydrogens is 254 g/mol. The molecule has 0 aromatic carbocycles. The van der Waals surface area contributed by atoms with Crippen LogP contribution in [0.2, 0.25) is 0 Å². The first-order valence-electron chi connectivity index (χ1n) is 6.53. The number of hydrogen-bond donors (Lipinski definition) is 1. The molecule has 0 radical (unpaired) electrons. The van der Waals surface area contributed by atoms with Gasteiger partial charge in [0.15, 0.2) is 0 Å². The van der Waals surface area contributed by atoms with Crippen molar-refractivity contribution in [2.45, 2.75) is 6.42 Å². The van der Waals surface area contributed by atoms with Gasteiger partial charge in [0.25, 0.3) is 0 Å². The van der Waals surface area contributed by atoms with E-state index in [0.717, 1.165) is 5.69 Å². The van der Waals surface area contributed by atoms with Gasteiger partial charge in [-0.05, 0) is 30.7 Å². The number of pyridine rings is 1. The quantitative estimate of drug-likeness (QED) is 0.892. The number of nitrogens with zero attached hydrogens (tertiary/aromatic N) is 4. The highest BCUT2D eigenvalue weighted by Gasteiger charge is 2.31. The van der Waals surface area contributed by atoms with E-state index in [4.69, 9.17) is 5.73 Å². The molecule has 3 rings (SSSR count). The summed E-state index contributed by atoms with van der Waals surface area (Å²) in [5, 5.41) is 0. The Morgan fingerprint density at radius 3 is 2.80 bits per heavy atom. The molecule has 1 unspecified atom stereocenters. The molecule has 20 heavy (non-hydrogen) atoms. The third-order valence-electron chi connectivity index (χ3n) is 3.35. The van der Waals surface area contributed by atoms with Crippen LogP contribution >= 0.6 is 0 Å². The number of amides is 1. The van der Waals surface area contributed by atoms with E-state index in [9.17, 15) is 4.79 Å². The molecule has 2 aromatic rings. The van der Waals surface area contributed by atoms with E-state index in [1.807, 2.05) is 18.2 Å². The monoisotopic (exact) mass is 269 g/mol. The summed E-state index contributed by atoms with van der Waals surface area (Å²) in [7, 11) is 0. The zero-order valence-corrected chi connectivity index (χ0v) is 10.9. The van der Waals surface area contributed by atoms with Crippen molar-refractivity contribution < 1.29 is 4.79 Å². The number of hydrogen-bond acceptors (Lipinski definition) is 5. The topological polar surface area (TPSA) is 85.0 Å². The number of carbonyl (C=O) groups is 1. The predicted molar refractivity (Wildman–Crippen MR) is 74.8 cm³/mol. The Labute approximate surface area is 116 Å². The average molecular weight is 269 g/mol. The molecule has 0 spiro atoms. The first-order chi connectivity index (χ1) is 9.78. The predicted octanol–water partition coefficient (Wildman–Crippen LogP) is 0.850. The van der Waals surface area contributed by atoms with Crippen molar-refractivity contribution in [1.82, 2.24) is 15.0 Å². The Hall–Kier alpha value is -2.34. The van der Waals surface area contributed by atoms with Crippen LogP contribution < -0.4 is 10.6 Å². The molecule has 1 fully saturated rings. The largest absolute Gasteiger partial charge is 0.330 e. The van der Waals surface area contributed by atoms with Crippen LogP contribution in [0.15, 0.2) is 36.7 Å². The number of anilines is 1. The molecule has 1 atom stereocenters. The molecule has 3 heterocycles. The van der Waals surface area contributed by atoms with Gasteiger partial charge < -0.3 is 5.73 Å². The molecular formula is C14H15N5O. The highest BCUT2D eigenvalue weighted by Crippen LogP contribution is 2.23. The van der Waals surface area contributed by atoms with Gasteiger partial charge in [-0.15, -0.1) is 0 Å². The Balaban J connectivity index is 1.91. The normalized spacial score (nSPS) is 18.6. The zero-order valence-electron chi connectivity index (χ0n) is 10.9. The molecule has 0 aliphatic carbocycles. The molecule has 6 heteroatoms. The summed E-state index contributed by atoms with van der Waals surface area (Å²) in [6.45, 7) is 1.09. The van der Waals surface area contributed by atoms with Crippen molar-refractivity contribution in [3.8, 4) is 11.4 Å². The summed E-state index contributed by atoms with van der Waals surface area (Å²) in [6.07, 6.45) is 3.83. The highest BCUT2D eigenvalue weighted by atomic mass is 16.2. The van der Waals surface area contributed by atoms with Crippen molar-refractivity contribution in [3.63, 3.8) is 0 Å². The maximum atomic E-state index is 12.0. The summed E-state index contributed by atoms with van der Waals surface area (Å²) in [4.78, 5) is 26.4. The second kappa shape index (κ2) is 5.34. The van der Waals surface area contributed by atoms with Crippen LogP contribution in [0.3, 0.4) is 0 Å². The van der Waals surface area contributed by atoms with Crippen molar-refractivity contribution in [2.24, 2.45) is 11.7 Å². The maximum absolute atomic E-state index is 12.0. The van der Waals surface area contributed by atoms with E-state index < -0.39 is 0 Å². The first kappa shape index (κ1) is 12.7. The molecule has 2 N–H and O–H groups in total. The molecule has 1 aliphatic rings. The smallest absolute Gasteiger partial charge is 0.232 e. The van der Waals surface area contributed by atoms with E-state index in [-0.39, 0.29) is 11.8 Å². The van der Waals surface area contributed by atoms with E-state index in [1.54, 1.807) is 23.4 Å². The minimum absolute atomic E-state index is 0.0265. The molecule has 1 saturated heterocycles. The van der Waals surface area contributed by atoms with Gasteiger partial charge in [0.05, 0.1) is 11.4 Å². The Morgan fingerprint density at radius 2 is 2.10 bits per heavy atom. The Morgan fingerprint density at radius 1 is 1.20 bits per heavy atom. The van der Waals surface area contributed by atoms with Crippen molar-refractivity contribution in [1.29, 1.82) is 0 Å². The van der Waals surface area contributed by atoms with Crippen LogP contribution in [-0.2, 0) is 4.79 Å². The van der Waals surface area contributed by atoms with Gasteiger partial charge in [0.1, 0.15) is 0 Å². The minimum atomic E-state index is 0.0265. The van der Waals surface area contributed by atoms with Crippen LogP contribution in [-0.4, -0.2) is 33.9 Å². The van der Waals surface area contributed by atoms with Gasteiger partial charge in [-0.25, -0.2) is 9.97 Å². The van der Waals surface area contributed by atoms with Gasteiger partial charge in [0, 0.05) is 25.4 Å². The molecule has 0 bridgehead atoms. The fourth-order valence-electron chi connectivity index (χ4n) is 2.27. The summed E-state index contributed by atoms with van der Waals surface area (Å²) in [5.41, 5.74) is 7.10. The number of nitrogens with two attached hydrogens (primary N) is 1. The van der Waals surface area contributed by atoms with Crippen molar-refractivity contribution >= 4 is 11.9 Å². The number of carbonyl (C=O) groups excluding carboxylic acids is 1. The minimum Gasteiger partial charge on any atom is -0.330 e. The Bertz CT molecular complexity index is 616. The SMILES string of the molecule is NCC1CC(=O)N(c2nccc(-c3ccccn3)n2)C1. The van der Waals surface area contributed by atoms with E-state index in [1.165, 1.54) is 0 Å². The molecule has 102 valence electrons. The second-order valence-corrected chi connectivity index (χ2v) is 4.77. The summed E-state index contributed by atoms with van der Waals surface area (Å²) in [6, 6.07) is 7.41. The van der Waals surface area contributed by atoms with E-state index >= 15 is 0 Å². The van der Waals surface area contributed by atoms with Gasteiger partial charge in [-0.3, -0.25) is 14.7 Å². The number of rotatable bonds is 3. The van der Waals surface area contributed by atoms with Crippen LogP contribution in [0.25, 0.3) is 11.4 Å². The molecule has 1 amide bonds. The first-order valence-corrected chi connectivity index (χ1v) is 6.53. The molecule has 2 aromatic heterocycles. The zero-order chi connectivity index (χ0) is 13.9. The second-order valence-electron chi connectivity index (χ2n) is 4.77. The lowest BCUT2D eigenvalue weighted by Gasteiger charge is -2.14. The lowest BCUT2D eigenvalue weighted by Crippen LogP contribution is -2.27. The standard InChI is InChI=1S/C14H15N5O/c15-8-10-7-13(20)19(9-10)14-17-6-4-12(18-14)11-3-1-2-5-16-11/h1-6,10H,7-9,15H2. The lowest BCUT2D eigenvalue weighted by atomic mass is 10.1. The summed E-state index contributed by atoms with van der Waals surface area (Å²) in [5.74, 6) is 0.636. The Kier molecular flexibility index (Phi) is 3.39. The number of aromatic nitrogens is 3. The van der Waals surface area contributed by atoms with Crippen molar-refractivity contribution in [2.75, 3.05) is 18.0 Å². The van der Waals surface area contributed by atoms with Gasteiger partial charge in [0.2, 0.25) is 11.9 Å². The third-order valence-corrected chi connectivity index (χ3v) is 3.35. The average Bonchev–Trinajstić information content (AvgIpc) is 2.89. The maximum Gasteiger partial charge on any atom is 0.232 e. The van der Waals surface area contributed by atoms with Gasteiger partial charge >= 0.3 is 0 Å². The summed E-state index contributed by atoms with van der Waals surface area (Å²) < 4.78 is 0. The van der Waals surface area contributed by atoms with Crippen molar-refractivity contribution in [3.05, 3.63) is 36.7 Å². The van der Waals surface area contributed by atoms with Gasteiger partial charge in [-0.2, -0.15) is 0 Å². The van der Waals surface area contributed by atoms with Crippen LogP contribution in [0.5, 0.6) is 0 Å². The molecule has 1 aliphatic heterocycles. The van der Waals surface area contributed by atoms with Crippen LogP contribution in [0, 0.1) is 5.92 Å². The van der Waals surface area contributed by atoms with Gasteiger partial charge in [-0.1, -0.05) is 6.07 Å². The van der Waals surface area contributed by atoms with Crippen LogP contribution in [0.1, 0.15) is 6.42 Å². The fraction of sp³-hybridized carbons (Fsp3) is 0.286.